The van der Waals surface area contributed by atoms with Gasteiger partial charge in [0.25, 0.3) is 0 Å². The van der Waals surface area contributed by atoms with Gasteiger partial charge in [-0.15, -0.1) is 5.11 Å². The Hall–Kier alpha value is -1.54. The minimum absolute atomic E-state index is 0.0755. The van der Waals surface area contributed by atoms with E-state index in [4.69, 9.17) is 0 Å². The topological polar surface area (TPSA) is 91.2 Å². The van der Waals surface area contributed by atoms with E-state index in [9.17, 15) is 13.2 Å². The second-order valence-corrected chi connectivity index (χ2v) is 11.6. The number of carbonyl (C=O) groups excluding carboxylic acids is 1. The van der Waals surface area contributed by atoms with Gasteiger partial charge in [0.15, 0.2) is 11.6 Å². The van der Waals surface area contributed by atoms with E-state index in [2.05, 4.69) is 29.4 Å². The lowest BCUT2D eigenvalue weighted by Gasteiger charge is -2.48. The van der Waals surface area contributed by atoms with Crippen molar-refractivity contribution in [3.05, 3.63) is 22.7 Å². The Morgan fingerprint density at radius 3 is 2.52 bits per heavy atom. The SMILES string of the molecule is CC1(C)CC(=O)C2=C(C1)NC1=C(CN=N1)C21CCN(S(=O)(=O)C2CC2)CC1. The average molecular weight is 391 g/mol. The summed E-state index contributed by atoms with van der Waals surface area (Å²) in [5.74, 6) is 0.989. The number of carbonyl (C=O) groups is 1. The van der Waals surface area contributed by atoms with Crippen LogP contribution in [0.15, 0.2) is 32.9 Å². The summed E-state index contributed by atoms with van der Waals surface area (Å²) in [5.41, 5.74) is 2.47. The van der Waals surface area contributed by atoms with Gasteiger partial charge in [0.2, 0.25) is 10.0 Å². The van der Waals surface area contributed by atoms with Crippen LogP contribution in [0.2, 0.25) is 0 Å². The van der Waals surface area contributed by atoms with Crippen LogP contribution < -0.4 is 5.32 Å². The molecule has 0 bridgehead atoms. The quantitative estimate of drug-likeness (QED) is 0.784. The maximum atomic E-state index is 13.2. The molecule has 27 heavy (non-hydrogen) atoms. The smallest absolute Gasteiger partial charge is 0.216 e. The van der Waals surface area contributed by atoms with Crippen LogP contribution in [0.3, 0.4) is 0 Å². The fourth-order valence-corrected chi connectivity index (χ4v) is 7.16. The van der Waals surface area contributed by atoms with Gasteiger partial charge >= 0.3 is 0 Å². The van der Waals surface area contributed by atoms with E-state index < -0.39 is 15.4 Å². The molecule has 8 heteroatoms. The number of sulfonamides is 1. The van der Waals surface area contributed by atoms with Gasteiger partial charge in [0.1, 0.15) is 0 Å². The lowest BCUT2D eigenvalue weighted by atomic mass is 9.60. The molecule has 3 heterocycles. The number of allylic oxidation sites excluding steroid dienone is 2. The third kappa shape index (κ3) is 2.56. The van der Waals surface area contributed by atoms with Crippen molar-refractivity contribution in [3.63, 3.8) is 0 Å². The van der Waals surface area contributed by atoms with E-state index in [1.165, 1.54) is 0 Å². The number of ketones is 1. The normalized spacial score (nSPS) is 29.8. The largest absolute Gasteiger partial charge is 0.342 e. The lowest BCUT2D eigenvalue weighted by molar-refractivity contribution is -0.119. The second-order valence-electron chi connectivity index (χ2n) is 9.37. The molecule has 2 aliphatic carbocycles. The standard InChI is InChI=1S/C19H26N4O3S/c1-18(2)9-14-16(15(24)10-18)19(13-11-20-22-17(13)21-14)5-7-23(8-6-19)27(25,26)12-3-4-12/h12,21H,3-11H2,1-2H3. The summed E-state index contributed by atoms with van der Waals surface area (Å²) in [6, 6.07) is 0. The Morgan fingerprint density at radius 2 is 1.85 bits per heavy atom. The molecule has 1 saturated heterocycles. The van der Waals surface area contributed by atoms with E-state index in [-0.39, 0.29) is 16.4 Å². The van der Waals surface area contributed by atoms with Crippen LogP contribution in [0.1, 0.15) is 52.4 Å². The highest BCUT2D eigenvalue weighted by atomic mass is 32.2. The average Bonchev–Trinajstić information content (AvgIpc) is 3.34. The Balaban J connectivity index is 1.52. The number of nitrogens with zero attached hydrogens (tertiary/aromatic N) is 3. The first-order valence-corrected chi connectivity index (χ1v) is 11.4. The van der Waals surface area contributed by atoms with Gasteiger partial charge in [-0.1, -0.05) is 13.8 Å². The van der Waals surface area contributed by atoms with Gasteiger partial charge in [0.05, 0.1) is 11.8 Å². The monoisotopic (exact) mass is 390 g/mol. The first-order valence-electron chi connectivity index (χ1n) is 9.87. The highest BCUT2D eigenvalue weighted by Gasteiger charge is 2.54. The minimum Gasteiger partial charge on any atom is -0.342 e. The van der Waals surface area contributed by atoms with Crippen LogP contribution in [0, 0.1) is 10.8 Å². The van der Waals surface area contributed by atoms with Crippen molar-refractivity contribution in [2.45, 2.75) is 57.6 Å². The zero-order valence-electron chi connectivity index (χ0n) is 15.9. The molecule has 0 atom stereocenters. The molecule has 5 aliphatic rings. The van der Waals surface area contributed by atoms with E-state index in [1.54, 1.807) is 4.31 Å². The Labute approximate surface area is 160 Å². The van der Waals surface area contributed by atoms with Gasteiger partial charge < -0.3 is 5.32 Å². The van der Waals surface area contributed by atoms with E-state index >= 15 is 0 Å². The van der Waals surface area contributed by atoms with Crippen LogP contribution in [0.4, 0.5) is 0 Å². The van der Waals surface area contributed by atoms with Crippen LogP contribution in [0.25, 0.3) is 0 Å². The number of hydrogen-bond donors (Lipinski definition) is 1. The van der Waals surface area contributed by atoms with E-state index in [1.807, 2.05) is 0 Å². The van der Waals surface area contributed by atoms with Crippen LogP contribution in [-0.4, -0.2) is 43.4 Å². The van der Waals surface area contributed by atoms with Crippen molar-refractivity contribution in [2.75, 3.05) is 19.6 Å². The third-order valence-corrected chi connectivity index (χ3v) is 9.17. The van der Waals surface area contributed by atoms with Crippen molar-refractivity contribution in [3.8, 4) is 0 Å². The molecule has 0 aromatic rings. The fraction of sp³-hybridized carbons (Fsp3) is 0.737. The molecule has 3 aliphatic heterocycles. The van der Waals surface area contributed by atoms with Gasteiger partial charge in [-0.3, -0.25) is 4.79 Å². The number of dihydropyridines is 1. The molecule has 0 amide bonds. The molecule has 0 radical (unpaired) electrons. The molecule has 1 N–H and O–H groups in total. The Morgan fingerprint density at radius 1 is 1.15 bits per heavy atom. The summed E-state index contributed by atoms with van der Waals surface area (Å²) in [4.78, 5) is 13.2. The minimum atomic E-state index is -3.17. The van der Waals surface area contributed by atoms with Crippen molar-refractivity contribution in [1.29, 1.82) is 0 Å². The number of azo groups is 1. The van der Waals surface area contributed by atoms with Crippen LogP contribution >= 0.6 is 0 Å². The molecule has 0 unspecified atom stereocenters. The zero-order chi connectivity index (χ0) is 19.0. The molecule has 0 aromatic carbocycles. The molecular weight excluding hydrogens is 364 g/mol. The van der Waals surface area contributed by atoms with Crippen molar-refractivity contribution in [2.24, 2.45) is 21.1 Å². The summed E-state index contributed by atoms with van der Waals surface area (Å²) >= 11 is 0. The molecule has 1 spiro atoms. The summed E-state index contributed by atoms with van der Waals surface area (Å²) in [5, 5.41) is 11.7. The number of rotatable bonds is 2. The summed E-state index contributed by atoms with van der Waals surface area (Å²) in [6.45, 7) is 5.69. The van der Waals surface area contributed by atoms with Crippen molar-refractivity contribution in [1.82, 2.24) is 9.62 Å². The number of nitrogens with one attached hydrogen (secondary N) is 1. The lowest BCUT2D eigenvalue weighted by Crippen LogP contribution is -2.51. The maximum Gasteiger partial charge on any atom is 0.216 e. The Bertz CT molecular complexity index is 917. The number of fused-ring (bicyclic) bond motifs is 2. The first kappa shape index (κ1) is 17.6. The van der Waals surface area contributed by atoms with Gasteiger partial charge in [-0.25, -0.2) is 12.7 Å². The maximum absolute atomic E-state index is 13.2. The number of Topliss-reactive ketones (excluding diaryl/α,β-unsaturated/α-hetero) is 1. The molecule has 2 fully saturated rings. The van der Waals surface area contributed by atoms with Gasteiger partial charge in [0, 0.05) is 41.8 Å². The number of hydrogen-bond acceptors (Lipinski definition) is 6. The van der Waals surface area contributed by atoms with Crippen LogP contribution in [-0.2, 0) is 14.8 Å². The van der Waals surface area contributed by atoms with Crippen molar-refractivity contribution < 1.29 is 13.2 Å². The highest BCUT2D eigenvalue weighted by Crippen LogP contribution is 2.55. The number of piperidine rings is 1. The Kier molecular flexibility index (Phi) is 3.58. The van der Waals surface area contributed by atoms with E-state index in [0.717, 1.165) is 41.9 Å². The third-order valence-electron chi connectivity index (χ3n) is 6.77. The molecule has 1 saturated carbocycles. The predicted molar refractivity (Wildman–Crippen MR) is 100 cm³/mol. The van der Waals surface area contributed by atoms with Crippen LogP contribution in [0.5, 0.6) is 0 Å². The molecule has 0 aromatic heterocycles. The second kappa shape index (κ2) is 5.50. The molecule has 5 rings (SSSR count). The van der Waals surface area contributed by atoms with Crippen molar-refractivity contribution >= 4 is 15.8 Å². The molecule has 7 nitrogen and oxygen atoms in total. The molecular formula is C19H26N4O3S. The summed E-state index contributed by atoms with van der Waals surface area (Å²) in [6.07, 6.45) is 4.21. The van der Waals surface area contributed by atoms with Gasteiger partial charge in [-0.2, -0.15) is 5.11 Å². The summed E-state index contributed by atoms with van der Waals surface area (Å²) in [7, 11) is -3.17. The highest BCUT2D eigenvalue weighted by molar-refractivity contribution is 7.90. The zero-order valence-corrected chi connectivity index (χ0v) is 16.7. The fourth-order valence-electron chi connectivity index (χ4n) is 5.32. The predicted octanol–water partition coefficient (Wildman–Crippen LogP) is 2.48. The van der Waals surface area contributed by atoms with Gasteiger partial charge in [-0.05, 0) is 37.5 Å². The first-order chi connectivity index (χ1) is 12.7. The molecule has 146 valence electrons. The summed E-state index contributed by atoms with van der Waals surface area (Å²) < 4.78 is 27.0. The van der Waals surface area contributed by atoms with E-state index in [0.29, 0.717) is 38.9 Å².